The zero-order valence-corrected chi connectivity index (χ0v) is 17.0. The molecule has 1 aliphatic heterocycles. The number of aromatic nitrogens is 1. The van der Waals surface area contributed by atoms with E-state index in [4.69, 9.17) is 4.74 Å². The number of hydrogen-bond donors (Lipinski definition) is 2. The van der Waals surface area contributed by atoms with Gasteiger partial charge in [-0.3, -0.25) is 9.69 Å². The van der Waals surface area contributed by atoms with E-state index in [-0.39, 0.29) is 12.0 Å². The first kappa shape index (κ1) is 19.5. The number of nitrogens with one attached hydrogen (secondary N) is 2. The fraction of sp³-hybridized carbons (Fsp3) is 0.375. The standard InChI is InChI=1S/C24H29N3O2/c1-18-6-2-5-9-23(18)29-20-11-14-27(15-12-20)17-24(28)25-13-10-19-16-26-22-8-4-3-7-21(19)22/h2-9,16,20,26H,10-15,17H2,1H3,(H,25,28). The monoisotopic (exact) mass is 391 g/mol. The van der Waals surface area contributed by atoms with Gasteiger partial charge in [0, 0.05) is 36.7 Å². The lowest BCUT2D eigenvalue weighted by molar-refractivity contribution is -0.122. The Morgan fingerprint density at radius 3 is 2.72 bits per heavy atom. The second-order valence-corrected chi connectivity index (χ2v) is 7.82. The molecule has 1 aliphatic rings. The number of carbonyl (C=O) groups excluding carboxylic acids is 1. The van der Waals surface area contributed by atoms with E-state index in [1.165, 1.54) is 16.5 Å². The number of ether oxygens (including phenoxy) is 1. The Balaban J connectivity index is 1.18. The van der Waals surface area contributed by atoms with Crippen molar-refractivity contribution in [3.63, 3.8) is 0 Å². The van der Waals surface area contributed by atoms with Crippen LogP contribution in [0.1, 0.15) is 24.0 Å². The number of benzene rings is 2. The molecular formula is C24H29N3O2. The van der Waals surface area contributed by atoms with Crippen molar-refractivity contribution in [1.82, 2.24) is 15.2 Å². The van der Waals surface area contributed by atoms with E-state index >= 15 is 0 Å². The van der Waals surface area contributed by atoms with Gasteiger partial charge in [0.15, 0.2) is 0 Å². The molecule has 3 aromatic rings. The highest BCUT2D eigenvalue weighted by Crippen LogP contribution is 2.22. The van der Waals surface area contributed by atoms with E-state index in [9.17, 15) is 4.79 Å². The SMILES string of the molecule is Cc1ccccc1OC1CCN(CC(=O)NCCc2c[nH]c3ccccc23)CC1. The highest BCUT2D eigenvalue weighted by Gasteiger charge is 2.22. The zero-order valence-electron chi connectivity index (χ0n) is 17.0. The molecule has 1 saturated heterocycles. The van der Waals surface area contributed by atoms with Crippen molar-refractivity contribution in [3.05, 3.63) is 65.9 Å². The third kappa shape index (κ3) is 4.98. The van der Waals surface area contributed by atoms with Gasteiger partial charge in [0.2, 0.25) is 5.91 Å². The Hall–Kier alpha value is -2.79. The number of H-pyrrole nitrogens is 1. The van der Waals surface area contributed by atoms with E-state index in [1.54, 1.807) is 0 Å². The predicted octanol–water partition coefficient (Wildman–Crippen LogP) is 3.68. The van der Waals surface area contributed by atoms with Gasteiger partial charge < -0.3 is 15.0 Å². The first-order valence-electron chi connectivity index (χ1n) is 10.5. The summed E-state index contributed by atoms with van der Waals surface area (Å²) in [5, 5.41) is 4.30. The van der Waals surface area contributed by atoms with Crippen LogP contribution in [-0.4, -0.2) is 48.1 Å². The Morgan fingerprint density at radius 1 is 1.14 bits per heavy atom. The van der Waals surface area contributed by atoms with Gasteiger partial charge in [-0.1, -0.05) is 36.4 Å². The lowest BCUT2D eigenvalue weighted by atomic mass is 10.1. The van der Waals surface area contributed by atoms with Crippen molar-refractivity contribution in [3.8, 4) is 5.75 Å². The lowest BCUT2D eigenvalue weighted by Gasteiger charge is -2.32. The maximum absolute atomic E-state index is 12.3. The van der Waals surface area contributed by atoms with Crippen molar-refractivity contribution in [2.45, 2.75) is 32.3 Å². The van der Waals surface area contributed by atoms with Crippen LogP contribution < -0.4 is 10.1 Å². The molecule has 0 bridgehead atoms. The molecule has 29 heavy (non-hydrogen) atoms. The number of para-hydroxylation sites is 2. The van der Waals surface area contributed by atoms with Gasteiger partial charge in [-0.2, -0.15) is 0 Å². The summed E-state index contributed by atoms with van der Waals surface area (Å²) in [6, 6.07) is 16.4. The number of amides is 1. The molecule has 152 valence electrons. The van der Waals surface area contributed by atoms with Gasteiger partial charge in [0.25, 0.3) is 0 Å². The van der Waals surface area contributed by atoms with Crippen LogP contribution >= 0.6 is 0 Å². The van der Waals surface area contributed by atoms with Crippen LogP contribution in [0.15, 0.2) is 54.7 Å². The number of nitrogens with zero attached hydrogens (tertiary/aromatic N) is 1. The van der Waals surface area contributed by atoms with Gasteiger partial charge in [0.05, 0.1) is 6.54 Å². The van der Waals surface area contributed by atoms with Crippen LogP contribution in [-0.2, 0) is 11.2 Å². The number of carbonyl (C=O) groups is 1. The number of piperidine rings is 1. The molecule has 1 amide bonds. The number of aryl methyl sites for hydroxylation is 1. The number of aromatic amines is 1. The molecule has 1 aromatic heterocycles. The van der Waals surface area contributed by atoms with Crippen LogP contribution in [0.2, 0.25) is 0 Å². The number of rotatable bonds is 7. The minimum absolute atomic E-state index is 0.100. The van der Waals surface area contributed by atoms with Crippen LogP contribution in [0.3, 0.4) is 0 Å². The summed E-state index contributed by atoms with van der Waals surface area (Å²) < 4.78 is 6.15. The fourth-order valence-electron chi connectivity index (χ4n) is 3.99. The molecule has 0 unspecified atom stereocenters. The summed E-state index contributed by atoms with van der Waals surface area (Å²) in [5.74, 6) is 1.07. The van der Waals surface area contributed by atoms with Crippen LogP contribution in [0.4, 0.5) is 0 Å². The van der Waals surface area contributed by atoms with Gasteiger partial charge in [0.1, 0.15) is 11.9 Å². The number of fused-ring (bicyclic) bond motifs is 1. The van der Waals surface area contributed by atoms with Gasteiger partial charge in [-0.25, -0.2) is 0 Å². The maximum Gasteiger partial charge on any atom is 0.234 e. The Bertz CT molecular complexity index is 957. The highest BCUT2D eigenvalue weighted by atomic mass is 16.5. The van der Waals surface area contributed by atoms with E-state index in [2.05, 4.69) is 40.3 Å². The average molecular weight is 392 g/mol. The van der Waals surface area contributed by atoms with Crippen molar-refractivity contribution >= 4 is 16.8 Å². The smallest absolute Gasteiger partial charge is 0.234 e. The van der Waals surface area contributed by atoms with Crippen molar-refractivity contribution < 1.29 is 9.53 Å². The Kier molecular flexibility index (Phi) is 6.15. The summed E-state index contributed by atoms with van der Waals surface area (Å²) in [5.41, 5.74) is 3.56. The summed E-state index contributed by atoms with van der Waals surface area (Å²) in [6.07, 6.45) is 5.02. The molecule has 0 saturated carbocycles. The van der Waals surface area contributed by atoms with E-state index in [0.717, 1.165) is 43.6 Å². The van der Waals surface area contributed by atoms with Crippen LogP contribution in [0, 0.1) is 6.92 Å². The number of likely N-dealkylation sites (tertiary alicyclic amines) is 1. The van der Waals surface area contributed by atoms with Crippen molar-refractivity contribution in [2.75, 3.05) is 26.2 Å². The van der Waals surface area contributed by atoms with Gasteiger partial charge in [-0.05, 0) is 49.4 Å². The van der Waals surface area contributed by atoms with E-state index < -0.39 is 0 Å². The minimum Gasteiger partial charge on any atom is -0.490 e. The first-order chi connectivity index (χ1) is 14.2. The molecule has 0 spiro atoms. The molecule has 2 heterocycles. The molecule has 2 aromatic carbocycles. The van der Waals surface area contributed by atoms with Gasteiger partial charge in [-0.15, -0.1) is 0 Å². The summed E-state index contributed by atoms with van der Waals surface area (Å²) in [4.78, 5) is 17.8. The molecule has 4 rings (SSSR count). The third-order valence-electron chi connectivity index (χ3n) is 5.68. The van der Waals surface area contributed by atoms with Crippen LogP contribution in [0.25, 0.3) is 10.9 Å². The van der Waals surface area contributed by atoms with Crippen LogP contribution in [0.5, 0.6) is 5.75 Å². The predicted molar refractivity (Wildman–Crippen MR) is 116 cm³/mol. The van der Waals surface area contributed by atoms with E-state index in [1.807, 2.05) is 36.5 Å². The third-order valence-corrected chi connectivity index (χ3v) is 5.68. The quantitative estimate of drug-likeness (QED) is 0.646. The first-order valence-corrected chi connectivity index (χ1v) is 10.5. The second kappa shape index (κ2) is 9.14. The van der Waals surface area contributed by atoms with E-state index in [0.29, 0.717) is 13.1 Å². The molecule has 0 atom stereocenters. The molecule has 0 aliphatic carbocycles. The number of hydrogen-bond acceptors (Lipinski definition) is 3. The Labute approximate surface area is 172 Å². The second-order valence-electron chi connectivity index (χ2n) is 7.82. The zero-order chi connectivity index (χ0) is 20.1. The molecule has 2 N–H and O–H groups in total. The summed E-state index contributed by atoms with van der Waals surface area (Å²) in [7, 11) is 0. The average Bonchev–Trinajstić information content (AvgIpc) is 3.14. The summed E-state index contributed by atoms with van der Waals surface area (Å²) in [6.45, 7) is 4.99. The van der Waals surface area contributed by atoms with Crippen molar-refractivity contribution in [1.29, 1.82) is 0 Å². The largest absolute Gasteiger partial charge is 0.490 e. The molecule has 1 fully saturated rings. The summed E-state index contributed by atoms with van der Waals surface area (Å²) >= 11 is 0. The maximum atomic E-state index is 12.3. The topological polar surface area (TPSA) is 57.4 Å². The highest BCUT2D eigenvalue weighted by molar-refractivity contribution is 5.83. The normalized spacial score (nSPS) is 15.5. The van der Waals surface area contributed by atoms with Gasteiger partial charge >= 0.3 is 0 Å². The van der Waals surface area contributed by atoms with Crippen molar-refractivity contribution in [2.24, 2.45) is 0 Å². The molecule has 5 nitrogen and oxygen atoms in total. The molecule has 0 radical (unpaired) electrons. The minimum atomic E-state index is 0.100. The fourth-order valence-corrected chi connectivity index (χ4v) is 3.99. The molecule has 5 heteroatoms. The molecular weight excluding hydrogens is 362 g/mol. The lowest BCUT2D eigenvalue weighted by Crippen LogP contribution is -2.44. The Morgan fingerprint density at radius 2 is 1.90 bits per heavy atom.